The van der Waals surface area contributed by atoms with Crippen molar-refractivity contribution in [3.8, 4) is 11.1 Å². The Morgan fingerprint density at radius 1 is 0.733 bits per heavy atom. The standard InChI is InChI=1S/C23H12Cl4O3/c24-16-6-4-14(10-18(16)26)13-3-1-2-12(8-13)9-20-22(28)21(23(29)30-20)15-5-7-17(25)19(27)11-15/h1-11,21H. The summed E-state index contributed by atoms with van der Waals surface area (Å²) in [6.45, 7) is 0. The highest BCUT2D eigenvalue weighted by atomic mass is 35.5. The summed E-state index contributed by atoms with van der Waals surface area (Å²) in [6, 6.07) is 17.4. The van der Waals surface area contributed by atoms with Gasteiger partial charge in [-0.3, -0.25) is 9.59 Å². The average molecular weight is 478 g/mol. The Labute approximate surface area is 192 Å². The average Bonchev–Trinajstić information content (AvgIpc) is 2.99. The maximum Gasteiger partial charge on any atom is 0.327 e. The van der Waals surface area contributed by atoms with Gasteiger partial charge in [-0.2, -0.15) is 0 Å². The van der Waals surface area contributed by atoms with Gasteiger partial charge in [0.25, 0.3) is 0 Å². The van der Waals surface area contributed by atoms with Crippen LogP contribution in [0.5, 0.6) is 0 Å². The first-order valence-electron chi connectivity index (χ1n) is 8.81. The van der Waals surface area contributed by atoms with Crippen molar-refractivity contribution >= 4 is 64.2 Å². The van der Waals surface area contributed by atoms with Gasteiger partial charge in [-0.25, -0.2) is 0 Å². The van der Waals surface area contributed by atoms with Crippen LogP contribution in [0.1, 0.15) is 17.0 Å². The van der Waals surface area contributed by atoms with Crippen LogP contribution >= 0.6 is 46.4 Å². The van der Waals surface area contributed by atoms with Gasteiger partial charge in [-0.15, -0.1) is 0 Å². The molecule has 1 aliphatic heterocycles. The van der Waals surface area contributed by atoms with Crippen LogP contribution in [0.25, 0.3) is 17.2 Å². The highest BCUT2D eigenvalue weighted by Gasteiger charge is 2.41. The minimum absolute atomic E-state index is 0.0256. The molecular formula is C23H12Cl4O3. The van der Waals surface area contributed by atoms with E-state index in [4.69, 9.17) is 51.1 Å². The number of ether oxygens (including phenoxy) is 1. The molecule has 0 aliphatic carbocycles. The number of cyclic esters (lactones) is 1. The second-order valence-corrected chi connectivity index (χ2v) is 8.28. The van der Waals surface area contributed by atoms with Gasteiger partial charge in [0.15, 0.2) is 5.76 Å². The van der Waals surface area contributed by atoms with Crippen molar-refractivity contribution in [1.29, 1.82) is 0 Å². The maximum atomic E-state index is 12.8. The van der Waals surface area contributed by atoms with E-state index in [1.165, 1.54) is 6.07 Å². The molecule has 1 fully saturated rings. The minimum atomic E-state index is -1.07. The summed E-state index contributed by atoms with van der Waals surface area (Å²) < 4.78 is 5.25. The Morgan fingerprint density at radius 3 is 2.10 bits per heavy atom. The highest BCUT2D eigenvalue weighted by molar-refractivity contribution is 6.42. The van der Waals surface area contributed by atoms with E-state index in [1.54, 1.807) is 30.3 Å². The summed E-state index contributed by atoms with van der Waals surface area (Å²) in [5.74, 6) is -2.17. The molecule has 0 N–H and O–H groups in total. The van der Waals surface area contributed by atoms with E-state index in [0.717, 1.165) is 11.1 Å². The van der Waals surface area contributed by atoms with Crippen LogP contribution in [0.4, 0.5) is 0 Å². The van der Waals surface area contributed by atoms with Crippen molar-refractivity contribution in [3.63, 3.8) is 0 Å². The van der Waals surface area contributed by atoms with Crippen LogP contribution < -0.4 is 0 Å². The lowest BCUT2D eigenvalue weighted by atomic mass is 9.95. The van der Waals surface area contributed by atoms with Gasteiger partial charge in [0.05, 0.1) is 20.1 Å². The number of carbonyl (C=O) groups is 2. The van der Waals surface area contributed by atoms with E-state index >= 15 is 0 Å². The molecule has 150 valence electrons. The van der Waals surface area contributed by atoms with Crippen molar-refractivity contribution in [2.45, 2.75) is 5.92 Å². The van der Waals surface area contributed by atoms with E-state index in [0.29, 0.717) is 26.2 Å². The van der Waals surface area contributed by atoms with Gasteiger partial charge in [-0.05, 0) is 58.7 Å². The number of Topliss-reactive ketones (excluding diaryl/α,β-unsaturated/α-hetero) is 1. The van der Waals surface area contributed by atoms with Crippen molar-refractivity contribution in [1.82, 2.24) is 0 Å². The monoisotopic (exact) mass is 476 g/mol. The fourth-order valence-corrected chi connectivity index (χ4v) is 3.79. The second-order valence-electron chi connectivity index (χ2n) is 6.65. The zero-order chi connectivity index (χ0) is 21.4. The highest BCUT2D eigenvalue weighted by Crippen LogP contribution is 2.35. The van der Waals surface area contributed by atoms with E-state index in [1.807, 2.05) is 30.3 Å². The van der Waals surface area contributed by atoms with Gasteiger partial charge in [0, 0.05) is 0 Å². The summed E-state index contributed by atoms with van der Waals surface area (Å²) in [6.07, 6.45) is 1.54. The first-order chi connectivity index (χ1) is 14.3. The summed E-state index contributed by atoms with van der Waals surface area (Å²) in [5, 5.41) is 1.52. The van der Waals surface area contributed by atoms with Crippen LogP contribution in [0.3, 0.4) is 0 Å². The number of allylic oxidation sites excluding steroid dienone is 1. The molecular weight excluding hydrogens is 466 g/mol. The number of halogens is 4. The predicted octanol–water partition coefficient (Wildman–Crippen LogP) is 7.22. The molecule has 0 amide bonds. The number of ketones is 1. The smallest absolute Gasteiger partial charge is 0.327 e. The molecule has 0 bridgehead atoms. The van der Waals surface area contributed by atoms with Gasteiger partial charge >= 0.3 is 5.97 Å². The van der Waals surface area contributed by atoms with E-state index < -0.39 is 17.7 Å². The van der Waals surface area contributed by atoms with Crippen LogP contribution in [0, 0.1) is 0 Å². The summed E-state index contributed by atoms with van der Waals surface area (Å²) >= 11 is 24.0. The second kappa shape index (κ2) is 8.44. The number of benzene rings is 3. The Morgan fingerprint density at radius 2 is 1.40 bits per heavy atom. The molecule has 3 aromatic rings. The van der Waals surface area contributed by atoms with Crippen molar-refractivity contribution in [2.24, 2.45) is 0 Å². The van der Waals surface area contributed by atoms with Crippen molar-refractivity contribution in [2.75, 3.05) is 0 Å². The Bertz CT molecular complexity index is 1220. The largest absolute Gasteiger partial charge is 0.422 e. The molecule has 0 radical (unpaired) electrons. The number of esters is 1. The fraction of sp³-hybridized carbons (Fsp3) is 0.0435. The predicted molar refractivity (Wildman–Crippen MR) is 120 cm³/mol. The van der Waals surface area contributed by atoms with Crippen molar-refractivity contribution < 1.29 is 14.3 Å². The number of hydrogen-bond donors (Lipinski definition) is 0. The SMILES string of the molecule is O=C1OC(=Cc2cccc(-c3ccc(Cl)c(Cl)c3)c2)C(=O)C1c1ccc(Cl)c(Cl)c1. The molecule has 1 heterocycles. The third-order valence-electron chi connectivity index (χ3n) is 4.67. The lowest BCUT2D eigenvalue weighted by molar-refractivity contribution is -0.136. The summed E-state index contributed by atoms with van der Waals surface area (Å²) in [4.78, 5) is 25.2. The molecule has 1 atom stereocenters. The maximum absolute atomic E-state index is 12.8. The van der Waals surface area contributed by atoms with Gasteiger partial charge in [0.1, 0.15) is 5.92 Å². The quantitative estimate of drug-likeness (QED) is 0.227. The Balaban J connectivity index is 1.65. The molecule has 3 nitrogen and oxygen atoms in total. The Kier molecular flexibility index (Phi) is 5.90. The van der Waals surface area contributed by atoms with Gasteiger partial charge < -0.3 is 4.74 Å². The van der Waals surface area contributed by atoms with Crippen molar-refractivity contribution in [3.05, 3.63) is 97.6 Å². The first-order valence-corrected chi connectivity index (χ1v) is 10.3. The summed E-state index contributed by atoms with van der Waals surface area (Å²) in [5.41, 5.74) is 2.88. The van der Waals surface area contributed by atoms with Crippen LogP contribution in [0.2, 0.25) is 20.1 Å². The molecule has 0 spiro atoms. The van der Waals surface area contributed by atoms with E-state index in [-0.39, 0.29) is 10.8 Å². The zero-order valence-corrected chi connectivity index (χ0v) is 18.2. The molecule has 3 aromatic carbocycles. The lowest BCUT2D eigenvalue weighted by Crippen LogP contribution is -2.12. The van der Waals surface area contributed by atoms with Gasteiger partial charge in [-0.1, -0.05) is 76.7 Å². The molecule has 0 saturated carbocycles. The zero-order valence-electron chi connectivity index (χ0n) is 15.2. The molecule has 1 saturated heterocycles. The summed E-state index contributed by atoms with van der Waals surface area (Å²) in [7, 11) is 0. The molecule has 30 heavy (non-hydrogen) atoms. The fourth-order valence-electron chi connectivity index (χ4n) is 3.18. The van der Waals surface area contributed by atoms with Crippen LogP contribution in [-0.2, 0) is 14.3 Å². The first kappa shape index (κ1) is 21.0. The third-order valence-corrected chi connectivity index (χ3v) is 6.14. The minimum Gasteiger partial charge on any atom is -0.422 e. The number of hydrogen-bond acceptors (Lipinski definition) is 3. The Hall–Kier alpha value is -2.30. The van der Waals surface area contributed by atoms with E-state index in [9.17, 15) is 9.59 Å². The molecule has 1 aliphatic rings. The molecule has 7 heteroatoms. The molecule has 4 rings (SSSR count). The van der Waals surface area contributed by atoms with Gasteiger partial charge in [0.2, 0.25) is 5.78 Å². The van der Waals surface area contributed by atoms with Crippen LogP contribution in [-0.4, -0.2) is 11.8 Å². The molecule has 1 unspecified atom stereocenters. The number of rotatable bonds is 3. The normalized spacial score (nSPS) is 17.5. The number of carbonyl (C=O) groups excluding carboxylic acids is 2. The van der Waals surface area contributed by atoms with E-state index in [2.05, 4.69) is 0 Å². The topological polar surface area (TPSA) is 43.4 Å². The van der Waals surface area contributed by atoms with Crippen LogP contribution in [0.15, 0.2) is 66.4 Å². The molecule has 0 aromatic heterocycles. The third kappa shape index (κ3) is 4.12. The lowest BCUT2D eigenvalue weighted by Gasteiger charge is -2.06.